The van der Waals surface area contributed by atoms with Crippen LogP contribution in [0.2, 0.25) is 0 Å². The van der Waals surface area contributed by atoms with Gasteiger partial charge in [-0.25, -0.2) is 0 Å². The van der Waals surface area contributed by atoms with E-state index in [9.17, 15) is 4.79 Å². The molecule has 0 bridgehead atoms. The zero-order valence-electron chi connectivity index (χ0n) is 11.7. The number of nitrogens with one attached hydrogen (secondary N) is 1. The third kappa shape index (κ3) is 4.40. The van der Waals surface area contributed by atoms with Gasteiger partial charge >= 0.3 is 0 Å². The van der Waals surface area contributed by atoms with E-state index in [0.717, 1.165) is 17.7 Å². The first-order valence-electron chi connectivity index (χ1n) is 6.60. The molecule has 0 saturated heterocycles. The van der Waals surface area contributed by atoms with Gasteiger partial charge in [0.2, 0.25) is 0 Å². The van der Waals surface area contributed by atoms with E-state index in [4.69, 9.17) is 4.74 Å². The summed E-state index contributed by atoms with van der Waals surface area (Å²) < 4.78 is 5.74. The molecule has 0 heterocycles. The molecule has 1 aromatic rings. The Hall–Kier alpha value is -1.51. The molecule has 0 aliphatic carbocycles. The van der Waals surface area contributed by atoms with E-state index in [-0.39, 0.29) is 11.9 Å². The van der Waals surface area contributed by atoms with Crippen LogP contribution in [0.5, 0.6) is 5.75 Å². The minimum absolute atomic E-state index is 0.0339. The van der Waals surface area contributed by atoms with Gasteiger partial charge in [0.15, 0.2) is 6.10 Å². The molecule has 1 N–H and O–H groups in total. The summed E-state index contributed by atoms with van der Waals surface area (Å²) in [5.41, 5.74) is 1.13. The highest BCUT2D eigenvalue weighted by Gasteiger charge is 2.19. The lowest BCUT2D eigenvalue weighted by molar-refractivity contribution is -0.128. The molecule has 18 heavy (non-hydrogen) atoms. The summed E-state index contributed by atoms with van der Waals surface area (Å²) in [5.74, 6) is 0.717. The summed E-state index contributed by atoms with van der Waals surface area (Å²) in [4.78, 5) is 12.0. The highest BCUT2D eigenvalue weighted by atomic mass is 16.5. The maximum atomic E-state index is 12.0. The van der Waals surface area contributed by atoms with Crippen molar-refractivity contribution in [3.63, 3.8) is 0 Å². The minimum Gasteiger partial charge on any atom is -0.481 e. The molecule has 0 spiro atoms. The quantitative estimate of drug-likeness (QED) is 0.841. The molecule has 1 aromatic carbocycles. The van der Waals surface area contributed by atoms with Crippen LogP contribution in [0.3, 0.4) is 0 Å². The van der Waals surface area contributed by atoms with Gasteiger partial charge in [0.1, 0.15) is 5.75 Å². The van der Waals surface area contributed by atoms with Crippen molar-refractivity contribution >= 4 is 5.91 Å². The van der Waals surface area contributed by atoms with Gasteiger partial charge in [0.05, 0.1) is 0 Å². The number of rotatable bonds is 6. The summed E-state index contributed by atoms with van der Waals surface area (Å²) in [6.45, 7) is 8.01. The first-order valence-corrected chi connectivity index (χ1v) is 6.60. The van der Waals surface area contributed by atoms with Crippen molar-refractivity contribution in [1.82, 2.24) is 5.32 Å². The van der Waals surface area contributed by atoms with Crippen LogP contribution in [-0.2, 0) is 4.79 Å². The van der Waals surface area contributed by atoms with Crippen LogP contribution in [0.4, 0.5) is 0 Å². The Kier molecular flexibility index (Phi) is 5.69. The smallest absolute Gasteiger partial charge is 0.261 e. The topological polar surface area (TPSA) is 38.3 Å². The molecular formula is C15H23NO2. The van der Waals surface area contributed by atoms with Crippen LogP contribution in [-0.4, -0.2) is 18.1 Å². The van der Waals surface area contributed by atoms with Crippen LogP contribution >= 0.6 is 0 Å². The molecule has 1 amide bonds. The van der Waals surface area contributed by atoms with E-state index >= 15 is 0 Å². The van der Waals surface area contributed by atoms with Crippen LogP contribution in [0.15, 0.2) is 24.3 Å². The third-order valence-electron chi connectivity index (χ3n) is 2.93. The lowest BCUT2D eigenvalue weighted by atomic mass is 10.2. The number of ether oxygens (including phenoxy) is 1. The predicted octanol–water partition coefficient (Wildman–Crippen LogP) is 3.07. The van der Waals surface area contributed by atoms with Crippen molar-refractivity contribution in [2.75, 3.05) is 0 Å². The van der Waals surface area contributed by atoms with Crippen molar-refractivity contribution in [1.29, 1.82) is 0 Å². The molecule has 3 nitrogen and oxygen atoms in total. The molecule has 0 saturated carbocycles. The van der Waals surface area contributed by atoms with Crippen LogP contribution < -0.4 is 10.1 Å². The van der Waals surface area contributed by atoms with E-state index < -0.39 is 6.10 Å². The average molecular weight is 249 g/mol. The van der Waals surface area contributed by atoms with Crippen LogP contribution in [0, 0.1) is 6.92 Å². The SMILES string of the molecule is CC[C@@H](C)NC(=O)[C@H](CC)Oc1cccc(C)c1. The average Bonchev–Trinajstić information content (AvgIpc) is 2.35. The van der Waals surface area contributed by atoms with Gasteiger partial charge in [0.25, 0.3) is 5.91 Å². The number of benzene rings is 1. The third-order valence-corrected chi connectivity index (χ3v) is 2.93. The Morgan fingerprint density at radius 3 is 2.61 bits per heavy atom. The molecule has 3 heteroatoms. The van der Waals surface area contributed by atoms with Crippen LogP contribution in [0.1, 0.15) is 39.2 Å². The second kappa shape index (κ2) is 7.04. The Morgan fingerprint density at radius 1 is 1.33 bits per heavy atom. The Bertz CT molecular complexity index is 390. The number of amides is 1. The Balaban J connectivity index is 2.64. The maximum absolute atomic E-state index is 12.0. The van der Waals surface area contributed by atoms with E-state index in [0.29, 0.717) is 6.42 Å². The number of hydrogen-bond acceptors (Lipinski definition) is 2. The largest absolute Gasteiger partial charge is 0.481 e. The van der Waals surface area contributed by atoms with Crippen molar-refractivity contribution in [3.05, 3.63) is 29.8 Å². The molecule has 0 aliphatic rings. The van der Waals surface area contributed by atoms with Gasteiger partial charge < -0.3 is 10.1 Å². The van der Waals surface area contributed by atoms with Crippen molar-refractivity contribution in [3.8, 4) is 5.75 Å². The van der Waals surface area contributed by atoms with Gasteiger partial charge in [-0.3, -0.25) is 4.79 Å². The first kappa shape index (κ1) is 14.6. The van der Waals surface area contributed by atoms with E-state index in [1.807, 2.05) is 52.0 Å². The van der Waals surface area contributed by atoms with E-state index in [1.54, 1.807) is 0 Å². The van der Waals surface area contributed by atoms with E-state index in [1.165, 1.54) is 0 Å². The lowest BCUT2D eigenvalue weighted by Crippen LogP contribution is -2.42. The van der Waals surface area contributed by atoms with Gasteiger partial charge in [-0.05, 0) is 44.4 Å². The predicted molar refractivity (Wildman–Crippen MR) is 73.8 cm³/mol. The number of hydrogen-bond donors (Lipinski definition) is 1. The monoisotopic (exact) mass is 249 g/mol. The van der Waals surface area contributed by atoms with Gasteiger partial charge in [-0.2, -0.15) is 0 Å². The molecule has 0 aromatic heterocycles. The summed E-state index contributed by atoms with van der Waals surface area (Å²) in [6.07, 6.45) is 1.17. The number of aryl methyl sites for hydroxylation is 1. The fourth-order valence-electron chi connectivity index (χ4n) is 1.61. The molecule has 0 unspecified atom stereocenters. The van der Waals surface area contributed by atoms with Gasteiger partial charge in [0, 0.05) is 6.04 Å². The molecule has 0 aliphatic heterocycles. The van der Waals surface area contributed by atoms with Crippen molar-refractivity contribution in [2.24, 2.45) is 0 Å². The minimum atomic E-state index is -0.416. The molecule has 1 rings (SSSR count). The standard InChI is InChI=1S/C15H23NO2/c1-5-12(4)16-15(17)14(6-2)18-13-9-7-8-11(3)10-13/h7-10,12,14H,5-6H2,1-4H3,(H,16,17)/t12-,14+/m1/s1. The number of carbonyl (C=O) groups excluding carboxylic acids is 1. The summed E-state index contributed by atoms with van der Waals surface area (Å²) >= 11 is 0. The van der Waals surface area contributed by atoms with Crippen LogP contribution in [0.25, 0.3) is 0 Å². The summed E-state index contributed by atoms with van der Waals surface area (Å²) in [7, 11) is 0. The fraction of sp³-hybridized carbons (Fsp3) is 0.533. The first-order chi connectivity index (χ1) is 8.56. The highest BCUT2D eigenvalue weighted by molar-refractivity contribution is 5.81. The zero-order valence-corrected chi connectivity index (χ0v) is 11.7. The molecule has 100 valence electrons. The Morgan fingerprint density at radius 2 is 2.06 bits per heavy atom. The van der Waals surface area contributed by atoms with Gasteiger partial charge in [-0.15, -0.1) is 0 Å². The van der Waals surface area contributed by atoms with E-state index in [2.05, 4.69) is 5.32 Å². The fourth-order valence-corrected chi connectivity index (χ4v) is 1.61. The number of carbonyl (C=O) groups is 1. The Labute approximate surface area is 110 Å². The summed E-state index contributed by atoms with van der Waals surface area (Å²) in [6, 6.07) is 7.95. The lowest BCUT2D eigenvalue weighted by Gasteiger charge is -2.20. The maximum Gasteiger partial charge on any atom is 0.261 e. The van der Waals surface area contributed by atoms with Crippen molar-refractivity contribution in [2.45, 2.75) is 52.7 Å². The molecular weight excluding hydrogens is 226 g/mol. The molecule has 0 fully saturated rings. The van der Waals surface area contributed by atoms with Crippen molar-refractivity contribution < 1.29 is 9.53 Å². The summed E-state index contributed by atoms with van der Waals surface area (Å²) in [5, 5.41) is 2.95. The zero-order chi connectivity index (χ0) is 13.5. The molecule has 0 radical (unpaired) electrons. The second-order valence-corrected chi connectivity index (χ2v) is 4.65. The normalized spacial score (nSPS) is 13.8. The van der Waals surface area contributed by atoms with Gasteiger partial charge in [-0.1, -0.05) is 26.0 Å². The highest BCUT2D eigenvalue weighted by Crippen LogP contribution is 2.15. The molecule has 2 atom stereocenters. The second-order valence-electron chi connectivity index (χ2n) is 4.65.